The van der Waals surface area contributed by atoms with Crippen molar-refractivity contribution < 1.29 is 36.7 Å². The summed E-state index contributed by atoms with van der Waals surface area (Å²) in [5, 5.41) is 6.29. The molecule has 232 valence electrons. The Labute approximate surface area is 260 Å². The van der Waals surface area contributed by atoms with Gasteiger partial charge in [-0.2, -0.15) is 0 Å². The third kappa shape index (κ3) is 8.51. The van der Waals surface area contributed by atoms with Crippen LogP contribution < -0.4 is 20.7 Å². The van der Waals surface area contributed by atoms with Crippen LogP contribution >= 0.6 is 11.8 Å². The van der Waals surface area contributed by atoms with Crippen molar-refractivity contribution >= 4 is 46.9 Å². The molecule has 0 fully saturated rings. The molecule has 0 aliphatic carbocycles. The van der Waals surface area contributed by atoms with Crippen LogP contribution in [0.3, 0.4) is 0 Å². The number of rotatable bonds is 11. The van der Waals surface area contributed by atoms with E-state index in [4.69, 9.17) is 4.74 Å². The summed E-state index contributed by atoms with van der Waals surface area (Å²) in [6.45, 7) is 3.62. The molecule has 1 atom stereocenters. The Kier molecular flexibility index (Phi) is 11.0. The van der Waals surface area contributed by atoms with Crippen LogP contribution in [0.5, 0.6) is 5.75 Å². The highest BCUT2D eigenvalue weighted by molar-refractivity contribution is 8.00. The number of amides is 3. The lowest BCUT2D eigenvalue weighted by atomic mass is 10.1. The lowest BCUT2D eigenvalue weighted by molar-refractivity contribution is -0.115. The summed E-state index contributed by atoms with van der Waals surface area (Å²) in [4.78, 5) is 39.5. The zero-order valence-electron chi connectivity index (χ0n) is 24.0. The minimum Gasteiger partial charge on any atom is -0.493 e. The highest BCUT2D eigenvalue weighted by Crippen LogP contribution is 2.29. The summed E-state index contributed by atoms with van der Waals surface area (Å²) in [6.07, 6.45) is 1.49. The topological polar surface area (TPSA) is 96.5 Å². The number of carbonyl (C=O) groups is 3. The second-order valence-corrected chi connectivity index (χ2v) is 10.8. The summed E-state index contributed by atoms with van der Waals surface area (Å²) in [5.41, 5.74) is -0.115. The van der Waals surface area contributed by atoms with E-state index < -0.39 is 51.9 Å². The molecular weight excluding hydrogens is 610 g/mol. The highest BCUT2D eigenvalue weighted by Gasteiger charge is 2.24. The first-order chi connectivity index (χ1) is 21.6. The zero-order chi connectivity index (χ0) is 32.5. The summed E-state index contributed by atoms with van der Waals surface area (Å²) < 4.78 is 60.8. The number of para-hydroxylation sites is 1. The lowest BCUT2D eigenvalue weighted by Crippen LogP contribution is -2.30. The monoisotopic (exact) mass is 637 g/mol. The van der Waals surface area contributed by atoms with Gasteiger partial charge in [-0.15, -0.1) is 11.8 Å². The standard InChI is InChI=1S/C33H27F4N3O4S/c1-3-44-27-15-8-7-12-21(27)16-26(39-32(42)20-10-5-4-6-11-20)33(43)38-22-13-9-14-23(17-22)45-19(2)31(41)40-30-28(36)24(34)18-25(35)29(30)37/h4-19H,3H2,1-2H3,(H,38,43)(H,39,42)(H,40,41)/b26-16+. The number of hydrogen-bond acceptors (Lipinski definition) is 5. The molecule has 1 unspecified atom stereocenters. The molecule has 0 saturated heterocycles. The van der Waals surface area contributed by atoms with Crippen LogP contribution in [0.15, 0.2) is 95.5 Å². The molecule has 3 amide bonds. The first kappa shape index (κ1) is 32.8. The van der Waals surface area contributed by atoms with Crippen molar-refractivity contribution in [2.45, 2.75) is 24.0 Å². The van der Waals surface area contributed by atoms with Gasteiger partial charge in [-0.3, -0.25) is 14.4 Å². The van der Waals surface area contributed by atoms with Crippen LogP contribution in [0.4, 0.5) is 28.9 Å². The van der Waals surface area contributed by atoms with Gasteiger partial charge >= 0.3 is 0 Å². The molecule has 7 nitrogen and oxygen atoms in total. The second-order valence-electron chi connectivity index (χ2n) is 9.42. The van der Waals surface area contributed by atoms with Crippen LogP contribution in [0.1, 0.15) is 29.8 Å². The second kappa shape index (κ2) is 15.1. The van der Waals surface area contributed by atoms with E-state index in [0.29, 0.717) is 34.1 Å². The fourth-order valence-corrected chi connectivity index (χ4v) is 4.92. The fourth-order valence-electron chi connectivity index (χ4n) is 4.00. The van der Waals surface area contributed by atoms with E-state index in [-0.39, 0.29) is 11.8 Å². The smallest absolute Gasteiger partial charge is 0.272 e. The zero-order valence-corrected chi connectivity index (χ0v) is 24.8. The van der Waals surface area contributed by atoms with E-state index in [1.54, 1.807) is 78.9 Å². The molecule has 0 spiro atoms. The summed E-state index contributed by atoms with van der Waals surface area (Å²) in [7, 11) is 0. The molecule has 0 aromatic heterocycles. The normalized spacial score (nSPS) is 11.8. The molecule has 4 rings (SSSR count). The maximum absolute atomic E-state index is 14.0. The third-order valence-corrected chi connectivity index (χ3v) is 7.28. The molecule has 3 N–H and O–H groups in total. The average molecular weight is 638 g/mol. The molecule has 0 aliphatic rings. The van der Waals surface area contributed by atoms with Gasteiger partial charge in [-0.1, -0.05) is 42.5 Å². The van der Waals surface area contributed by atoms with Crippen molar-refractivity contribution in [3.05, 3.63) is 125 Å². The van der Waals surface area contributed by atoms with E-state index in [0.717, 1.165) is 11.8 Å². The van der Waals surface area contributed by atoms with E-state index in [9.17, 15) is 31.9 Å². The third-order valence-electron chi connectivity index (χ3n) is 6.18. The van der Waals surface area contributed by atoms with Crippen molar-refractivity contribution in [3.63, 3.8) is 0 Å². The molecule has 0 heterocycles. The van der Waals surface area contributed by atoms with Crippen molar-refractivity contribution in [2.75, 3.05) is 17.2 Å². The molecule has 4 aromatic carbocycles. The summed E-state index contributed by atoms with van der Waals surface area (Å²) in [5.74, 6) is -8.33. The maximum Gasteiger partial charge on any atom is 0.272 e. The number of anilines is 2. The molecule has 0 aliphatic heterocycles. The quantitative estimate of drug-likeness (QED) is 0.0702. The Balaban J connectivity index is 1.53. The van der Waals surface area contributed by atoms with E-state index in [2.05, 4.69) is 10.6 Å². The van der Waals surface area contributed by atoms with Crippen LogP contribution in [0, 0.1) is 23.3 Å². The Morgan fingerprint density at radius 2 is 1.51 bits per heavy atom. The van der Waals surface area contributed by atoms with Crippen LogP contribution in [-0.4, -0.2) is 29.6 Å². The van der Waals surface area contributed by atoms with Crippen LogP contribution in [0.2, 0.25) is 0 Å². The van der Waals surface area contributed by atoms with Gasteiger partial charge in [0.05, 0.1) is 11.9 Å². The van der Waals surface area contributed by atoms with Gasteiger partial charge in [-0.05, 0) is 56.3 Å². The van der Waals surface area contributed by atoms with Gasteiger partial charge in [0.1, 0.15) is 17.1 Å². The molecule has 0 saturated carbocycles. The van der Waals surface area contributed by atoms with Gasteiger partial charge in [0.15, 0.2) is 23.3 Å². The Morgan fingerprint density at radius 3 is 2.20 bits per heavy atom. The summed E-state index contributed by atoms with van der Waals surface area (Å²) in [6, 6.07) is 21.7. The number of carbonyl (C=O) groups excluding carboxylic acids is 3. The molecule has 12 heteroatoms. The van der Waals surface area contributed by atoms with E-state index >= 15 is 0 Å². The van der Waals surface area contributed by atoms with Gasteiger partial charge < -0.3 is 20.7 Å². The maximum atomic E-state index is 14.0. The van der Waals surface area contributed by atoms with Gasteiger partial charge in [0.2, 0.25) is 5.91 Å². The lowest BCUT2D eigenvalue weighted by Gasteiger charge is -2.15. The predicted octanol–water partition coefficient (Wildman–Crippen LogP) is 7.17. The minimum absolute atomic E-state index is 0.0454. The number of ether oxygens (including phenoxy) is 1. The van der Waals surface area contributed by atoms with Crippen LogP contribution in [0.25, 0.3) is 6.08 Å². The number of thioether (sulfide) groups is 1. The number of benzene rings is 4. The molecule has 45 heavy (non-hydrogen) atoms. The molecule has 0 radical (unpaired) electrons. The Morgan fingerprint density at radius 1 is 0.844 bits per heavy atom. The number of nitrogens with one attached hydrogen (secondary N) is 3. The van der Waals surface area contributed by atoms with Crippen molar-refractivity contribution in [2.24, 2.45) is 0 Å². The number of hydrogen-bond donors (Lipinski definition) is 3. The first-order valence-electron chi connectivity index (χ1n) is 13.6. The summed E-state index contributed by atoms with van der Waals surface area (Å²) >= 11 is 0.962. The van der Waals surface area contributed by atoms with E-state index in [1.165, 1.54) is 13.0 Å². The molecular formula is C33H27F4N3O4S. The van der Waals surface area contributed by atoms with Crippen molar-refractivity contribution in [1.29, 1.82) is 0 Å². The largest absolute Gasteiger partial charge is 0.493 e. The molecule has 4 aromatic rings. The van der Waals surface area contributed by atoms with Crippen LogP contribution in [-0.2, 0) is 9.59 Å². The number of halogens is 4. The highest BCUT2D eigenvalue weighted by atomic mass is 32.2. The van der Waals surface area contributed by atoms with Crippen molar-refractivity contribution in [3.8, 4) is 5.75 Å². The average Bonchev–Trinajstić information content (AvgIpc) is 3.03. The minimum atomic E-state index is -1.73. The van der Waals surface area contributed by atoms with Gasteiger partial charge in [-0.25, -0.2) is 17.6 Å². The fraction of sp³-hybridized carbons (Fsp3) is 0.121. The predicted molar refractivity (Wildman–Crippen MR) is 165 cm³/mol. The molecule has 0 bridgehead atoms. The Bertz CT molecular complexity index is 1730. The Hall–Kier alpha value is -5.10. The SMILES string of the molecule is CCOc1ccccc1/C=C(/NC(=O)c1ccccc1)C(=O)Nc1cccc(SC(C)C(=O)Nc2c(F)c(F)cc(F)c2F)c1. The van der Waals surface area contributed by atoms with Crippen molar-refractivity contribution in [1.82, 2.24) is 5.32 Å². The van der Waals surface area contributed by atoms with Gasteiger partial charge in [0.25, 0.3) is 11.8 Å². The van der Waals surface area contributed by atoms with E-state index in [1.807, 2.05) is 12.2 Å². The first-order valence-corrected chi connectivity index (χ1v) is 14.5. The van der Waals surface area contributed by atoms with Gasteiger partial charge in [0, 0.05) is 27.8 Å².